The van der Waals surface area contributed by atoms with Gasteiger partial charge in [-0.3, -0.25) is 4.79 Å². The maximum Gasteiger partial charge on any atom is 0.136 e. The van der Waals surface area contributed by atoms with Crippen molar-refractivity contribution in [1.29, 1.82) is 0 Å². The van der Waals surface area contributed by atoms with Crippen molar-refractivity contribution in [1.82, 2.24) is 0 Å². The minimum absolute atomic E-state index is 0.267. The normalized spacial score (nSPS) is 36.0. The summed E-state index contributed by atoms with van der Waals surface area (Å²) in [4.78, 5) is 12.2. The molecule has 1 N–H and O–H groups in total. The minimum atomic E-state index is -0.539. The monoisotopic (exact) mass is 280 g/mol. The van der Waals surface area contributed by atoms with Crippen LogP contribution in [0.4, 0.5) is 0 Å². The lowest BCUT2D eigenvalue weighted by Gasteiger charge is -2.42. The van der Waals surface area contributed by atoms with Gasteiger partial charge in [0.2, 0.25) is 0 Å². The second-order valence-corrected chi connectivity index (χ2v) is 8.24. The van der Waals surface area contributed by atoms with E-state index in [1.807, 2.05) is 13.8 Å². The minimum Gasteiger partial charge on any atom is -0.390 e. The van der Waals surface area contributed by atoms with E-state index in [2.05, 4.69) is 13.8 Å². The standard InChI is InChI=1S/C18H32O2/c1-13(7-5-11-17(2,3)20)14-9-10-15-16(19)8-6-12-18(14,15)4/h13-15,20H,5-12H2,1-4H3/t13-,14?,15?,18?/m1/s1. The van der Waals surface area contributed by atoms with Crippen LogP contribution in [0.5, 0.6) is 0 Å². The summed E-state index contributed by atoms with van der Waals surface area (Å²) in [7, 11) is 0. The van der Waals surface area contributed by atoms with Crippen molar-refractivity contribution in [3.63, 3.8) is 0 Å². The van der Waals surface area contributed by atoms with Gasteiger partial charge in [-0.1, -0.05) is 26.7 Å². The first-order valence-electron chi connectivity index (χ1n) is 8.49. The van der Waals surface area contributed by atoms with E-state index in [0.29, 0.717) is 23.5 Å². The number of hydrogen-bond donors (Lipinski definition) is 1. The number of rotatable bonds is 5. The lowest BCUT2D eigenvalue weighted by molar-refractivity contribution is -0.130. The molecule has 0 bridgehead atoms. The number of fused-ring (bicyclic) bond motifs is 1. The van der Waals surface area contributed by atoms with Crippen LogP contribution in [-0.2, 0) is 4.79 Å². The van der Waals surface area contributed by atoms with Crippen LogP contribution in [0.2, 0.25) is 0 Å². The van der Waals surface area contributed by atoms with Gasteiger partial charge in [0.05, 0.1) is 5.60 Å². The van der Waals surface area contributed by atoms with Gasteiger partial charge in [-0.25, -0.2) is 0 Å². The molecular weight excluding hydrogens is 248 g/mol. The van der Waals surface area contributed by atoms with Crippen LogP contribution in [0.15, 0.2) is 0 Å². The molecule has 2 nitrogen and oxygen atoms in total. The molecule has 2 saturated carbocycles. The fourth-order valence-corrected chi connectivity index (χ4v) is 4.96. The van der Waals surface area contributed by atoms with E-state index in [-0.39, 0.29) is 5.41 Å². The molecular formula is C18H32O2. The largest absolute Gasteiger partial charge is 0.390 e. The molecule has 116 valence electrons. The highest BCUT2D eigenvalue weighted by Gasteiger charge is 2.52. The third-order valence-corrected chi connectivity index (χ3v) is 6.07. The van der Waals surface area contributed by atoms with Crippen molar-refractivity contribution in [3.05, 3.63) is 0 Å². The lowest BCUT2D eigenvalue weighted by atomic mass is 9.62. The van der Waals surface area contributed by atoms with Crippen molar-refractivity contribution >= 4 is 5.78 Å². The third-order valence-electron chi connectivity index (χ3n) is 6.07. The van der Waals surface area contributed by atoms with Gasteiger partial charge in [0.15, 0.2) is 0 Å². The average molecular weight is 280 g/mol. The van der Waals surface area contributed by atoms with Gasteiger partial charge in [-0.05, 0) is 63.2 Å². The van der Waals surface area contributed by atoms with Crippen LogP contribution in [0.1, 0.15) is 79.1 Å². The van der Waals surface area contributed by atoms with Crippen molar-refractivity contribution in [2.45, 2.75) is 84.7 Å². The number of carbonyl (C=O) groups is 1. The number of hydrogen-bond acceptors (Lipinski definition) is 2. The van der Waals surface area contributed by atoms with Crippen LogP contribution in [0.3, 0.4) is 0 Å². The van der Waals surface area contributed by atoms with Gasteiger partial charge in [0.25, 0.3) is 0 Å². The molecule has 2 rings (SSSR count). The SMILES string of the molecule is C[C@H](CCCC(C)(C)O)C1CCC2C(=O)CCCC21C. The zero-order valence-corrected chi connectivity index (χ0v) is 13.7. The highest BCUT2D eigenvalue weighted by molar-refractivity contribution is 5.83. The zero-order valence-electron chi connectivity index (χ0n) is 13.7. The van der Waals surface area contributed by atoms with Gasteiger partial charge in [-0.15, -0.1) is 0 Å². The molecule has 0 radical (unpaired) electrons. The molecule has 2 heteroatoms. The summed E-state index contributed by atoms with van der Waals surface area (Å²) in [6.45, 7) is 8.52. The van der Waals surface area contributed by atoms with Gasteiger partial charge in [-0.2, -0.15) is 0 Å². The molecule has 0 saturated heterocycles. The van der Waals surface area contributed by atoms with Crippen molar-refractivity contribution in [3.8, 4) is 0 Å². The second-order valence-electron chi connectivity index (χ2n) is 8.24. The Kier molecular flexibility index (Phi) is 4.63. The molecule has 0 aromatic rings. The molecule has 0 aliphatic heterocycles. The summed E-state index contributed by atoms with van der Waals surface area (Å²) in [5.41, 5.74) is -0.272. The molecule has 4 atom stereocenters. The maximum absolute atomic E-state index is 12.2. The number of aliphatic hydroxyl groups is 1. The second kappa shape index (κ2) is 5.79. The van der Waals surface area contributed by atoms with Crippen LogP contribution in [0.25, 0.3) is 0 Å². The van der Waals surface area contributed by atoms with E-state index in [1.54, 1.807) is 0 Å². The summed E-state index contributed by atoms with van der Waals surface area (Å²) >= 11 is 0. The Bertz CT molecular complexity index is 355. The predicted molar refractivity (Wildman–Crippen MR) is 82.5 cm³/mol. The molecule has 0 heterocycles. The first-order valence-corrected chi connectivity index (χ1v) is 8.49. The number of ketones is 1. The Hall–Kier alpha value is -0.370. The Balaban J connectivity index is 1.93. The van der Waals surface area contributed by atoms with E-state index in [1.165, 1.54) is 19.3 Å². The summed E-state index contributed by atoms with van der Waals surface area (Å²) in [5, 5.41) is 9.82. The third kappa shape index (κ3) is 3.27. The zero-order chi connectivity index (χ0) is 15.0. The van der Waals surface area contributed by atoms with Crippen molar-refractivity contribution in [2.24, 2.45) is 23.2 Å². The molecule has 0 amide bonds. The molecule has 2 aliphatic rings. The average Bonchev–Trinajstić information content (AvgIpc) is 2.66. The van der Waals surface area contributed by atoms with E-state index in [0.717, 1.165) is 32.1 Å². The summed E-state index contributed by atoms with van der Waals surface area (Å²) < 4.78 is 0. The van der Waals surface area contributed by atoms with E-state index < -0.39 is 5.60 Å². The molecule has 0 aromatic heterocycles. The molecule has 2 aliphatic carbocycles. The summed E-state index contributed by atoms with van der Waals surface area (Å²) in [6, 6.07) is 0. The quantitative estimate of drug-likeness (QED) is 0.813. The van der Waals surface area contributed by atoms with Gasteiger partial charge in [0.1, 0.15) is 5.78 Å². The number of carbonyl (C=O) groups excluding carboxylic acids is 1. The molecule has 0 aromatic carbocycles. The Labute approximate surface area is 124 Å². The summed E-state index contributed by atoms with van der Waals surface area (Å²) in [6.07, 6.45) is 8.67. The molecule has 2 fully saturated rings. The first kappa shape index (κ1) is 16.0. The van der Waals surface area contributed by atoms with Gasteiger partial charge in [0, 0.05) is 12.3 Å². The molecule has 20 heavy (non-hydrogen) atoms. The fourth-order valence-electron chi connectivity index (χ4n) is 4.96. The van der Waals surface area contributed by atoms with Gasteiger partial charge >= 0.3 is 0 Å². The van der Waals surface area contributed by atoms with Crippen LogP contribution in [0, 0.1) is 23.2 Å². The van der Waals surface area contributed by atoms with E-state index in [9.17, 15) is 9.90 Å². The maximum atomic E-state index is 12.2. The predicted octanol–water partition coefficient (Wildman–Crippen LogP) is 4.35. The fraction of sp³-hybridized carbons (Fsp3) is 0.944. The van der Waals surface area contributed by atoms with Crippen LogP contribution >= 0.6 is 0 Å². The smallest absolute Gasteiger partial charge is 0.136 e. The molecule has 0 spiro atoms. The first-order chi connectivity index (χ1) is 9.24. The van der Waals surface area contributed by atoms with Crippen molar-refractivity contribution in [2.75, 3.05) is 0 Å². The van der Waals surface area contributed by atoms with E-state index >= 15 is 0 Å². The van der Waals surface area contributed by atoms with Gasteiger partial charge < -0.3 is 5.11 Å². The Morgan fingerprint density at radius 1 is 1.40 bits per heavy atom. The highest BCUT2D eigenvalue weighted by atomic mass is 16.3. The van der Waals surface area contributed by atoms with Crippen LogP contribution < -0.4 is 0 Å². The van der Waals surface area contributed by atoms with Crippen LogP contribution in [-0.4, -0.2) is 16.5 Å². The number of Topliss-reactive ketones (excluding diaryl/α,β-unsaturated/α-hetero) is 1. The molecule has 3 unspecified atom stereocenters. The van der Waals surface area contributed by atoms with E-state index in [4.69, 9.17) is 0 Å². The topological polar surface area (TPSA) is 37.3 Å². The highest BCUT2D eigenvalue weighted by Crippen LogP contribution is 2.57. The summed E-state index contributed by atoms with van der Waals surface area (Å²) in [5.74, 6) is 2.26. The Morgan fingerprint density at radius 2 is 2.10 bits per heavy atom. The van der Waals surface area contributed by atoms with Crippen molar-refractivity contribution < 1.29 is 9.90 Å². The lowest BCUT2D eigenvalue weighted by Crippen LogP contribution is -2.39. The Morgan fingerprint density at radius 3 is 2.75 bits per heavy atom.